The molecule has 1 aliphatic rings. The van der Waals surface area contributed by atoms with Gasteiger partial charge in [-0.2, -0.15) is 0 Å². The molecule has 0 aromatic heterocycles. The molecule has 1 aromatic rings. The summed E-state index contributed by atoms with van der Waals surface area (Å²) < 4.78 is 6.82. The molecule has 0 radical (unpaired) electrons. The Morgan fingerprint density at radius 1 is 1.35 bits per heavy atom. The van der Waals surface area contributed by atoms with Crippen LogP contribution >= 0.6 is 15.9 Å². The van der Waals surface area contributed by atoms with Crippen LogP contribution in [0.25, 0.3) is 0 Å². The van der Waals surface area contributed by atoms with Gasteiger partial charge in [-0.3, -0.25) is 10.1 Å². The lowest BCUT2D eigenvalue weighted by Crippen LogP contribution is -2.19. The summed E-state index contributed by atoms with van der Waals surface area (Å²) in [5.74, 6) is 0.660. The maximum Gasteiger partial charge on any atom is 0.269 e. The normalized spacial score (nSPS) is 19.6. The van der Waals surface area contributed by atoms with Crippen molar-refractivity contribution in [3.8, 4) is 5.75 Å². The molecule has 5 heteroatoms. The van der Waals surface area contributed by atoms with Crippen LogP contribution in [0.15, 0.2) is 34.8 Å². The summed E-state index contributed by atoms with van der Waals surface area (Å²) >= 11 is 3.48. The number of halogens is 1. The molecular weight excluding hydrogens is 286 g/mol. The lowest BCUT2D eigenvalue weighted by molar-refractivity contribution is -0.384. The molecule has 1 atom stereocenters. The fourth-order valence-electron chi connectivity index (χ4n) is 1.74. The Balaban J connectivity index is 2.06. The first-order chi connectivity index (χ1) is 8.16. The third-order valence-corrected chi connectivity index (χ3v) is 3.48. The van der Waals surface area contributed by atoms with Crippen molar-refractivity contribution in [2.45, 2.75) is 25.4 Å². The Kier molecular flexibility index (Phi) is 3.78. The molecule has 1 unspecified atom stereocenters. The monoisotopic (exact) mass is 297 g/mol. The largest absolute Gasteiger partial charge is 0.485 e. The van der Waals surface area contributed by atoms with Crippen molar-refractivity contribution >= 4 is 21.6 Å². The van der Waals surface area contributed by atoms with E-state index in [1.54, 1.807) is 12.1 Å². The fourth-order valence-corrected chi connectivity index (χ4v) is 2.29. The highest BCUT2D eigenvalue weighted by molar-refractivity contribution is 9.11. The number of benzene rings is 1. The molecule has 0 aliphatic heterocycles. The van der Waals surface area contributed by atoms with Crippen LogP contribution in [0.5, 0.6) is 5.75 Å². The molecule has 1 aliphatic carbocycles. The summed E-state index contributed by atoms with van der Waals surface area (Å²) in [5, 5.41) is 10.5. The van der Waals surface area contributed by atoms with Gasteiger partial charge in [-0.05, 0) is 31.4 Å². The molecule has 0 amide bonds. The lowest BCUT2D eigenvalue weighted by Gasteiger charge is -2.21. The SMILES string of the molecule is O=[N+]([O-])c1ccc(OC2CCCC=C2Br)cc1. The van der Waals surface area contributed by atoms with Gasteiger partial charge in [-0.25, -0.2) is 0 Å². The van der Waals surface area contributed by atoms with E-state index < -0.39 is 4.92 Å². The van der Waals surface area contributed by atoms with Gasteiger partial charge in [0.05, 0.1) is 4.92 Å². The third-order valence-electron chi connectivity index (χ3n) is 2.64. The Morgan fingerprint density at radius 3 is 2.65 bits per heavy atom. The van der Waals surface area contributed by atoms with E-state index in [9.17, 15) is 10.1 Å². The van der Waals surface area contributed by atoms with Gasteiger partial charge in [0, 0.05) is 16.6 Å². The van der Waals surface area contributed by atoms with Gasteiger partial charge in [0.15, 0.2) is 0 Å². The van der Waals surface area contributed by atoms with Crippen LogP contribution in [0.2, 0.25) is 0 Å². The summed E-state index contributed by atoms with van der Waals surface area (Å²) in [5.41, 5.74) is 0.0793. The van der Waals surface area contributed by atoms with E-state index in [1.807, 2.05) is 0 Å². The molecule has 17 heavy (non-hydrogen) atoms. The predicted molar refractivity (Wildman–Crippen MR) is 68.4 cm³/mol. The topological polar surface area (TPSA) is 52.4 Å². The first-order valence-corrected chi connectivity index (χ1v) is 6.23. The van der Waals surface area contributed by atoms with Crippen LogP contribution in [0.1, 0.15) is 19.3 Å². The summed E-state index contributed by atoms with van der Waals surface area (Å²) in [6, 6.07) is 6.17. The Hall–Kier alpha value is -1.36. The maximum atomic E-state index is 10.5. The van der Waals surface area contributed by atoms with Gasteiger partial charge < -0.3 is 4.74 Å². The number of allylic oxidation sites excluding steroid dienone is 1. The highest BCUT2D eigenvalue weighted by Gasteiger charge is 2.17. The van der Waals surface area contributed by atoms with Crippen molar-refractivity contribution in [1.82, 2.24) is 0 Å². The molecule has 0 N–H and O–H groups in total. The van der Waals surface area contributed by atoms with E-state index in [-0.39, 0.29) is 11.8 Å². The Bertz CT molecular complexity index is 442. The second kappa shape index (κ2) is 5.31. The minimum atomic E-state index is -0.416. The fraction of sp³-hybridized carbons (Fsp3) is 0.333. The molecule has 0 fully saturated rings. The van der Waals surface area contributed by atoms with Crippen LogP contribution < -0.4 is 4.74 Å². The Morgan fingerprint density at radius 2 is 2.06 bits per heavy atom. The van der Waals surface area contributed by atoms with Crippen molar-refractivity contribution in [2.24, 2.45) is 0 Å². The number of nitro benzene ring substituents is 1. The van der Waals surface area contributed by atoms with Crippen LogP contribution in [-0.2, 0) is 0 Å². The van der Waals surface area contributed by atoms with E-state index in [0.717, 1.165) is 23.7 Å². The smallest absolute Gasteiger partial charge is 0.269 e. The number of hydrogen-bond donors (Lipinski definition) is 0. The zero-order valence-corrected chi connectivity index (χ0v) is 10.7. The molecule has 0 saturated carbocycles. The lowest BCUT2D eigenvalue weighted by atomic mass is 10.1. The number of hydrogen-bond acceptors (Lipinski definition) is 3. The molecular formula is C12H12BrNO3. The third kappa shape index (κ3) is 3.06. The van der Waals surface area contributed by atoms with Crippen LogP contribution in [0, 0.1) is 10.1 Å². The molecule has 90 valence electrons. The van der Waals surface area contributed by atoms with Gasteiger partial charge >= 0.3 is 0 Å². The summed E-state index contributed by atoms with van der Waals surface area (Å²) in [7, 11) is 0. The minimum absolute atomic E-state index is 0.0326. The number of rotatable bonds is 3. The van der Waals surface area contributed by atoms with Crippen LogP contribution in [0.3, 0.4) is 0 Å². The van der Waals surface area contributed by atoms with Crippen molar-refractivity contribution in [2.75, 3.05) is 0 Å². The molecule has 0 heterocycles. The second-order valence-electron chi connectivity index (χ2n) is 3.88. The van der Waals surface area contributed by atoms with Crippen molar-refractivity contribution in [3.05, 3.63) is 44.9 Å². The molecule has 1 aromatic carbocycles. The summed E-state index contributed by atoms with van der Waals surface area (Å²) in [6.45, 7) is 0. The second-order valence-corrected chi connectivity index (χ2v) is 4.79. The van der Waals surface area contributed by atoms with E-state index in [4.69, 9.17) is 4.74 Å². The van der Waals surface area contributed by atoms with Gasteiger partial charge in [0.1, 0.15) is 11.9 Å². The number of nitro groups is 1. The maximum absolute atomic E-state index is 10.5. The van der Waals surface area contributed by atoms with Crippen molar-refractivity contribution in [3.63, 3.8) is 0 Å². The zero-order valence-electron chi connectivity index (χ0n) is 9.14. The van der Waals surface area contributed by atoms with Gasteiger partial charge in [-0.15, -0.1) is 0 Å². The average Bonchev–Trinajstić information content (AvgIpc) is 2.33. The average molecular weight is 298 g/mol. The van der Waals surface area contributed by atoms with Crippen molar-refractivity contribution < 1.29 is 9.66 Å². The summed E-state index contributed by atoms with van der Waals surface area (Å²) in [4.78, 5) is 10.1. The highest BCUT2D eigenvalue weighted by Crippen LogP contribution is 2.28. The predicted octanol–water partition coefficient (Wildman–Crippen LogP) is 3.80. The number of non-ortho nitro benzene ring substituents is 1. The van der Waals surface area contributed by atoms with Gasteiger partial charge in [0.2, 0.25) is 0 Å². The van der Waals surface area contributed by atoms with Crippen molar-refractivity contribution in [1.29, 1.82) is 0 Å². The zero-order chi connectivity index (χ0) is 12.3. The molecule has 2 rings (SSSR count). The standard InChI is InChI=1S/C12H12BrNO3/c13-11-3-1-2-4-12(11)17-10-7-5-9(6-8-10)14(15)16/h3,5-8,12H,1-2,4H2. The van der Waals surface area contributed by atoms with Gasteiger partial charge in [0.25, 0.3) is 5.69 Å². The first-order valence-electron chi connectivity index (χ1n) is 5.43. The van der Waals surface area contributed by atoms with E-state index in [1.165, 1.54) is 12.1 Å². The highest BCUT2D eigenvalue weighted by atomic mass is 79.9. The van der Waals surface area contributed by atoms with Crippen LogP contribution in [0.4, 0.5) is 5.69 Å². The van der Waals surface area contributed by atoms with E-state index in [2.05, 4.69) is 22.0 Å². The van der Waals surface area contributed by atoms with Crippen LogP contribution in [-0.4, -0.2) is 11.0 Å². The Labute approximate surface area is 108 Å². The number of nitrogens with zero attached hydrogens (tertiary/aromatic N) is 1. The molecule has 4 nitrogen and oxygen atoms in total. The molecule has 0 spiro atoms. The van der Waals surface area contributed by atoms with Gasteiger partial charge in [-0.1, -0.05) is 22.0 Å². The molecule has 0 saturated heterocycles. The quantitative estimate of drug-likeness (QED) is 0.630. The minimum Gasteiger partial charge on any atom is -0.485 e. The number of ether oxygens (including phenoxy) is 1. The van der Waals surface area contributed by atoms with E-state index >= 15 is 0 Å². The first kappa shape index (κ1) is 12.1. The van der Waals surface area contributed by atoms with E-state index in [0.29, 0.717) is 5.75 Å². The molecule has 0 bridgehead atoms. The summed E-state index contributed by atoms with van der Waals surface area (Å²) in [6.07, 6.45) is 5.28.